The van der Waals surface area contributed by atoms with E-state index in [1.165, 1.54) is 0 Å². The molecule has 0 amide bonds. The Hall–Kier alpha value is -0.840. The van der Waals surface area contributed by atoms with Gasteiger partial charge in [0.25, 0.3) is 0 Å². The van der Waals surface area contributed by atoms with Gasteiger partial charge in [-0.1, -0.05) is 0 Å². The molecule has 1 rings (SSSR count). The lowest BCUT2D eigenvalue weighted by Gasteiger charge is -2.02. The van der Waals surface area contributed by atoms with Gasteiger partial charge in [-0.05, 0) is 36.2 Å². The number of aryl methyl sites for hydroxylation is 2. The molecule has 0 aliphatic carbocycles. The molecule has 5 heteroatoms. The van der Waals surface area contributed by atoms with Crippen LogP contribution in [0, 0.1) is 13.8 Å². The molecule has 4 nitrogen and oxygen atoms in total. The van der Waals surface area contributed by atoms with Crippen molar-refractivity contribution in [2.75, 3.05) is 0 Å². The van der Waals surface area contributed by atoms with Crippen LogP contribution in [0.15, 0.2) is 4.47 Å². The molecule has 1 N–H and O–H groups in total. The van der Waals surface area contributed by atoms with Gasteiger partial charge in [0.2, 0.25) is 0 Å². The molecule has 0 radical (unpaired) electrons. The van der Waals surface area contributed by atoms with E-state index < -0.39 is 5.97 Å². The van der Waals surface area contributed by atoms with Gasteiger partial charge >= 0.3 is 5.97 Å². The van der Waals surface area contributed by atoms with E-state index in [-0.39, 0.29) is 6.42 Å². The predicted molar refractivity (Wildman–Crippen MR) is 56.3 cm³/mol. The summed E-state index contributed by atoms with van der Waals surface area (Å²) in [6.07, 6.45) is 0.805. The Morgan fingerprint density at radius 3 is 2.64 bits per heavy atom. The maximum absolute atomic E-state index is 10.3. The Kier molecular flexibility index (Phi) is 3.69. The van der Waals surface area contributed by atoms with E-state index in [1.54, 1.807) is 0 Å². The zero-order valence-corrected chi connectivity index (χ0v) is 9.84. The lowest BCUT2D eigenvalue weighted by Crippen LogP contribution is -2.05. The molecule has 1 aromatic rings. The van der Waals surface area contributed by atoms with Crippen LogP contribution in [0.25, 0.3) is 0 Å². The summed E-state index contributed by atoms with van der Waals surface area (Å²) in [5.41, 5.74) is 1.99. The molecule has 0 spiro atoms. The van der Waals surface area contributed by atoms with Crippen molar-refractivity contribution in [1.29, 1.82) is 0 Å². The second-order valence-corrected chi connectivity index (χ2v) is 4.00. The summed E-state index contributed by atoms with van der Waals surface area (Å²) >= 11 is 3.42. The molecule has 0 unspecified atom stereocenters. The number of aromatic nitrogens is 2. The molecule has 78 valence electrons. The number of carbonyl (C=O) groups is 1. The lowest BCUT2D eigenvalue weighted by molar-refractivity contribution is -0.137. The van der Waals surface area contributed by atoms with Crippen molar-refractivity contribution in [2.24, 2.45) is 0 Å². The molecule has 0 fully saturated rings. The summed E-state index contributed by atoms with van der Waals surface area (Å²) in [6.45, 7) is 4.54. The molecule has 14 heavy (non-hydrogen) atoms. The van der Waals surface area contributed by atoms with E-state index in [0.29, 0.717) is 13.0 Å². The second kappa shape index (κ2) is 4.59. The van der Waals surface area contributed by atoms with E-state index in [0.717, 1.165) is 15.9 Å². The van der Waals surface area contributed by atoms with Gasteiger partial charge in [-0.25, -0.2) is 0 Å². The summed E-state index contributed by atoms with van der Waals surface area (Å²) < 4.78 is 2.84. The minimum atomic E-state index is -0.759. The van der Waals surface area contributed by atoms with Crippen LogP contribution < -0.4 is 0 Å². The van der Waals surface area contributed by atoms with Crippen LogP contribution in [0.1, 0.15) is 24.2 Å². The van der Waals surface area contributed by atoms with Gasteiger partial charge in [-0.3, -0.25) is 9.48 Å². The van der Waals surface area contributed by atoms with Crippen LogP contribution >= 0.6 is 15.9 Å². The highest BCUT2D eigenvalue weighted by Crippen LogP contribution is 2.19. The standard InChI is InChI=1S/C9H13BrN2O2/c1-6-9(10)7(2)12(11-6)5-3-4-8(13)14/h3-5H2,1-2H3,(H,13,14). The third kappa shape index (κ3) is 2.57. The molecular formula is C9H13BrN2O2. The average Bonchev–Trinajstić information content (AvgIpc) is 2.33. The largest absolute Gasteiger partial charge is 0.481 e. The van der Waals surface area contributed by atoms with Gasteiger partial charge in [0.05, 0.1) is 10.2 Å². The first-order valence-corrected chi connectivity index (χ1v) is 5.23. The number of halogens is 1. The predicted octanol–water partition coefficient (Wildman–Crippen LogP) is 2.13. The Morgan fingerprint density at radius 1 is 1.57 bits per heavy atom. The summed E-state index contributed by atoms with van der Waals surface area (Å²) in [5, 5.41) is 12.8. The highest BCUT2D eigenvalue weighted by atomic mass is 79.9. The van der Waals surface area contributed by atoms with Gasteiger partial charge in [0.1, 0.15) is 0 Å². The topological polar surface area (TPSA) is 55.1 Å². The van der Waals surface area contributed by atoms with E-state index >= 15 is 0 Å². The van der Waals surface area contributed by atoms with Crippen LogP contribution in [0.2, 0.25) is 0 Å². The van der Waals surface area contributed by atoms with Crippen molar-refractivity contribution in [3.8, 4) is 0 Å². The van der Waals surface area contributed by atoms with Crippen LogP contribution in [-0.2, 0) is 11.3 Å². The molecule has 0 aliphatic heterocycles. The van der Waals surface area contributed by atoms with Gasteiger partial charge in [-0.2, -0.15) is 5.10 Å². The summed E-state index contributed by atoms with van der Waals surface area (Å²) in [6, 6.07) is 0. The zero-order valence-electron chi connectivity index (χ0n) is 8.25. The molecular weight excluding hydrogens is 248 g/mol. The molecule has 0 aromatic carbocycles. The Morgan fingerprint density at radius 2 is 2.21 bits per heavy atom. The molecule has 0 aliphatic rings. The highest BCUT2D eigenvalue weighted by molar-refractivity contribution is 9.10. The first-order chi connectivity index (χ1) is 6.52. The van der Waals surface area contributed by atoms with Crippen molar-refractivity contribution in [2.45, 2.75) is 33.2 Å². The van der Waals surface area contributed by atoms with Crippen molar-refractivity contribution >= 4 is 21.9 Å². The quantitative estimate of drug-likeness (QED) is 0.903. The number of carboxylic acids is 1. The maximum atomic E-state index is 10.3. The van der Waals surface area contributed by atoms with Crippen molar-refractivity contribution in [1.82, 2.24) is 9.78 Å². The van der Waals surface area contributed by atoms with E-state index in [2.05, 4.69) is 21.0 Å². The van der Waals surface area contributed by atoms with Crippen LogP contribution in [0.5, 0.6) is 0 Å². The van der Waals surface area contributed by atoms with E-state index in [4.69, 9.17) is 5.11 Å². The van der Waals surface area contributed by atoms with Gasteiger partial charge < -0.3 is 5.11 Å². The van der Waals surface area contributed by atoms with Crippen LogP contribution in [0.4, 0.5) is 0 Å². The average molecular weight is 261 g/mol. The van der Waals surface area contributed by atoms with Gasteiger partial charge in [0, 0.05) is 18.7 Å². The number of nitrogens with zero attached hydrogens (tertiary/aromatic N) is 2. The van der Waals surface area contributed by atoms with E-state index in [1.807, 2.05) is 18.5 Å². The Bertz CT molecular complexity index is 347. The normalized spacial score (nSPS) is 10.5. The smallest absolute Gasteiger partial charge is 0.303 e. The summed E-state index contributed by atoms with van der Waals surface area (Å²) in [4.78, 5) is 10.3. The molecule has 0 saturated heterocycles. The second-order valence-electron chi connectivity index (χ2n) is 3.21. The number of hydrogen-bond acceptors (Lipinski definition) is 2. The van der Waals surface area contributed by atoms with Crippen LogP contribution in [0.3, 0.4) is 0 Å². The molecule has 0 saturated carbocycles. The van der Waals surface area contributed by atoms with Crippen molar-refractivity contribution in [3.05, 3.63) is 15.9 Å². The molecule has 0 atom stereocenters. The molecule has 1 aromatic heterocycles. The fourth-order valence-electron chi connectivity index (χ4n) is 1.27. The molecule has 1 heterocycles. The Balaban J connectivity index is 2.59. The third-order valence-electron chi connectivity index (χ3n) is 2.05. The first kappa shape index (κ1) is 11.2. The fourth-order valence-corrected chi connectivity index (χ4v) is 1.56. The van der Waals surface area contributed by atoms with Crippen LogP contribution in [-0.4, -0.2) is 20.9 Å². The number of aliphatic carboxylic acids is 1. The maximum Gasteiger partial charge on any atom is 0.303 e. The Labute approximate surface area is 91.1 Å². The minimum Gasteiger partial charge on any atom is -0.481 e. The van der Waals surface area contributed by atoms with Crippen molar-refractivity contribution < 1.29 is 9.90 Å². The lowest BCUT2D eigenvalue weighted by atomic mass is 10.3. The summed E-state index contributed by atoms with van der Waals surface area (Å²) in [7, 11) is 0. The van der Waals surface area contributed by atoms with Crippen molar-refractivity contribution in [3.63, 3.8) is 0 Å². The number of rotatable bonds is 4. The number of carboxylic acid groups (broad SMARTS) is 1. The highest BCUT2D eigenvalue weighted by Gasteiger charge is 2.08. The monoisotopic (exact) mass is 260 g/mol. The minimum absolute atomic E-state index is 0.190. The van der Waals surface area contributed by atoms with Gasteiger partial charge in [0.15, 0.2) is 0 Å². The summed E-state index contributed by atoms with van der Waals surface area (Å²) in [5.74, 6) is -0.759. The fraction of sp³-hybridized carbons (Fsp3) is 0.556. The molecule has 0 bridgehead atoms. The van der Waals surface area contributed by atoms with Gasteiger partial charge in [-0.15, -0.1) is 0 Å². The number of hydrogen-bond donors (Lipinski definition) is 1. The van der Waals surface area contributed by atoms with E-state index in [9.17, 15) is 4.79 Å². The SMILES string of the molecule is Cc1nn(CCCC(=O)O)c(C)c1Br. The third-order valence-corrected chi connectivity index (χ3v) is 3.20. The first-order valence-electron chi connectivity index (χ1n) is 4.43. The zero-order chi connectivity index (χ0) is 10.7.